The number of nitrogens with zero attached hydrogens (tertiary/aromatic N) is 4. The first-order valence-electron chi connectivity index (χ1n) is 10.7. The fourth-order valence-electron chi connectivity index (χ4n) is 4.28. The molecule has 4 rings (SSSR count). The van der Waals surface area contributed by atoms with Crippen LogP contribution in [0.25, 0.3) is 0 Å². The number of hydrogen-bond acceptors (Lipinski definition) is 3. The van der Waals surface area contributed by atoms with Crippen molar-refractivity contribution in [2.45, 2.75) is 58.4 Å². The Morgan fingerprint density at radius 1 is 1.13 bits per heavy atom. The molecule has 164 valence electrons. The molecule has 0 bridgehead atoms. The molecule has 0 amide bonds. The van der Waals surface area contributed by atoms with E-state index >= 15 is 0 Å². The van der Waals surface area contributed by atoms with Crippen molar-refractivity contribution < 1.29 is 13.2 Å². The SMILES string of the molecule is CCn1cc(CN2CCCC2c2ccc(Cc3cccc(C(F)(F)F)c3)cn2)c(C)n1. The van der Waals surface area contributed by atoms with Crippen LogP contribution in [0.1, 0.15) is 59.4 Å². The van der Waals surface area contributed by atoms with Gasteiger partial charge in [-0.2, -0.15) is 18.3 Å². The van der Waals surface area contributed by atoms with Crippen molar-refractivity contribution in [1.29, 1.82) is 0 Å². The lowest BCUT2D eigenvalue weighted by atomic mass is 10.0. The summed E-state index contributed by atoms with van der Waals surface area (Å²) >= 11 is 0. The van der Waals surface area contributed by atoms with Gasteiger partial charge in [0.05, 0.1) is 23.0 Å². The van der Waals surface area contributed by atoms with Crippen molar-refractivity contribution in [3.05, 3.63) is 82.4 Å². The van der Waals surface area contributed by atoms with E-state index in [9.17, 15) is 13.2 Å². The van der Waals surface area contributed by atoms with Crippen LogP contribution >= 0.6 is 0 Å². The minimum atomic E-state index is -4.32. The molecule has 31 heavy (non-hydrogen) atoms. The smallest absolute Gasteiger partial charge is 0.290 e. The van der Waals surface area contributed by atoms with Crippen LogP contribution in [0.3, 0.4) is 0 Å². The molecular weight excluding hydrogens is 401 g/mol. The molecule has 0 radical (unpaired) electrons. The number of halogens is 3. The molecule has 1 unspecified atom stereocenters. The second-order valence-electron chi connectivity index (χ2n) is 8.19. The van der Waals surface area contributed by atoms with Crippen molar-refractivity contribution in [3.8, 4) is 0 Å². The third-order valence-corrected chi connectivity index (χ3v) is 5.96. The summed E-state index contributed by atoms with van der Waals surface area (Å²) in [6, 6.07) is 9.76. The molecule has 0 N–H and O–H groups in total. The molecule has 7 heteroatoms. The Morgan fingerprint density at radius 2 is 1.97 bits per heavy atom. The molecule has 3 heterocycles. The minimum Gasteiger partial charge on any atom is -0.290 e. The van der Waals surface area contributed by atoms with Gasteiger partial charge in [0.2, 0.25) is 0 Å². The van der Waals surface area contributed by atoms with Crippen LogP contribution in [0.5, 0.6) is 0 Å². The molecular formula is C24H27F3N4. The van der Waals surface area contributed by atoms with Gasteiger partial charge in [-0.3, -0.25) is 14.6 Å². The average molecular weight is 429 g/mol. The molecule has 0 saturated carbocycles. The van der Waals surface area contributed by atoms with E-state index in [1.165, 1.54) is 17.7 Å². The Morgan fingerprint density at radius 3 is 2.65 bits per heavy atom. The summed E-state index contributed by atoms with van der Waals surface area (Å²) in [5, 5.41) is 4.55. The van der Waals surface area contributed by atoms with Crippen molar-refractivity contribution in [3.63, 3.8) is 0 Å². The average Bonchev–Trinajstić information content (AvgIpc) is 3.35. The fraction of sp³-hybridized carbons (Fsp3) is 0.417. The predicted molar refractivity (Wildman–Crippen MR) is 114 cm³/mol. The zero-order chi connectivity index (χ0) is 22.0. The van der Waals surface area contributed by atoms with Crippen LogP contribution in [0, 0.1) is 6.92 Å². The number of benzene rings is 1. The summed E-state index contributed by atoms with van der Waals surface area (Å²) in [5.74, 6) is 0. The van der Waals surface area contributed by atoms with E-state index < -0.39 is 11.7 Å². The molecule has 4 nitrogen and oxygen atoms in total. The Bertz CT molecular complexity index is 1020. The molecule has 1 fully saturated rings. The van der Waals surface area contributed by atoms with Gasteiger partial charge in [-0.15, -0.1) is 0 Å². The first-order valence-corrected chi connectivity index (χ1v) is 10.7. The van der Waals surface area contributed by atoms with Crippen molar-refractivity contribution in [1.82, 2.24) is 19.7 Å². The van der Waals surface area contributed by atoms with E-state index in [1.54, 1.807) is 12.3 Å². The first kappa shape index (κ1) is 21.6. The molecule has 3 aromatic rings. The molecule has 1 aliphatic heterocycles. The number of rotatable bonds is 6. The number of aromatic nitrogens is 3. The molecule has 1 aliphatic rings. The topological polar surface area (TPSA) is 34.0 Å². The quantitative estimate of drug-likeness (QED) is 0.516. The first-order chi connectivity index (χ1) is 14.8. The van der Waals surface area contributed by atoms with E-state index in [2.05, 4.69) is 28.1 Å². The molecule has 0 spiro atoms. The summed E-state index contributed by atoms with van der Waals surface area (Å²) in [6.07, 6.45) is 2.21. The van der Waals surface area contributed by atoms with E-state index in [1.807, 2.05) is 23.7 Å². The highest BCUT2D eigenvalue weighted by molar-refractivity contribution is 5.30. The lowest BCUT2D eigenvalue weighted by Crippen LogP contribution is -2.23. The van der Waals surface area contributed by atoms with E-state index in [4.69, 9.17) is 0 Å². The van der Waals surface area contributed by atoms with Gasteiger partial charge in [0.1, 0.15) is 0 Å². The largest absolute Gasteiger partial charge is 0.416 e. The lowest BCUT2D eigenvalue weighted by Gasteiger charge is -2.24. The second kappa shape index (κ2) is 8.83. The van der Waals surface area contributed by atoms with Gasteiger partial charge in [-0.05, 0) is 62.9 Å². The summed E-state index contributed by atoms with van der Waals surface area (Å²) in [5.41, 5.74) is 4.26. The van der Waals surface area contributed by atoms with Gasteiger partial charge in [-0.1, -0.05) is 24.3 Å². The second-order valence-corrected chi connectivity index (χ2v) is 8.19. The van der Waals surface area contributed by atoms with E-state index in [0.717, 1.165) is 55.5 Å². The Hall–Kier alpha value is -2.67. The van der Waals surface area contributed by atoms with Crippen molar-refractivity contribution >= 4 is 0 Å². The zero-order valence-electron chi connectivity index (χ0n) is 17.9. The Kier molecular flexibility index (Phi) is 6.14. The predicted octanol–water partition coefficient (Wildman–Crippen LogP) is 5.55. The van der Waals surface area contributed by atoms with Crippen LogP contribution < -0.4 is 0 Å². The maximum atomic E-state index is 12.9. The van der Waals surface area contributed by atoms with Gasteiger partial charge in [-0.25, -0.2) is 0 Å². The van der Waals surface area contributed by atoms with Gasteiger partial charge >= 0.3 is 6.18 Å². The molecule has 1 aromatic carbocycles. The highest BCUT2D eigenvalue weighted by atomic mass is 19.4. The highest BCUT2D eigenvalue weighted by Gasteiger charge is 2.30. The number of alkyl halides is 3. The Balaban J connectivity index is 1.45. The maximum absolute atomic E-state index is 12.9. The van der Waals surface area contributed by atoms with Crippen LogP contribution in [0.15, 0.2) is 48.8 Å². The normalized spacial score (nSPS) is 17.4. The Labute approximate surface area is 180 Å². The van der Waals surface area contributed by atoms with Crippen molar-refractivity contribution in [2.24, 2.45) is 0 Å². The standard InChI is InChI=1S/C24H27F3N4/c1-3-31-16-20(17(2)29-31)15-30-11-5-8-23(30)22-10-9-19(14-28-22)12-18-6-4-7-21(13-18)24(25,26)27/h4,6-7,9-10,13-14,16,23H,3,5,8,11-12,15H2,1-2H3. The third kappa shape index (κ3) is 4.98. The van der Waals surface area contributed by atoms with E-state index in [0.29, 0.717) is 12.0 Å². The summed E-state index contributed by atoms with van der Waals surface area (Å²) in [7, 11) is 0. The lowest BCUT2D eigenvalue weighted by molar-refractivity contribution is -0.137. The number of likely N-dealkylation sites (tertiary alicyclic amines) is 1. The monoisotopic (exact) mass is 428 g/mol. The summed E-state index contributed by atoms with van der Waals surface area (Å²) in [6.45, 7) is 6.87. The van der Waals surface area contributed by atoms with Gasteiger partial charge in [0.15, 0.2) is 0 Å². The molecule has 0 aliphatic carbocycles. The van der Waals surface area contributed by atoms with Gasteiger partial charge in [0, 0.05) is 31.0 Å². The fourth-order valence-corrected chi connectivity index (χ4v) is 4.28. The van der Waals surface area contributed by atoms with Gasteiger partial charge < -0.3 is 0 Å². The molecule has 1 atom stereocenters. The third-order valence-electron chi connectivity index (χ3n) is 5.96. The maximum Gasteiger partial charge on any atom is 0.416 e. The number of hydrogen-bond donors (Lipinski definition) is 0. The number of pyridine rings is 1. The highest BCUT2D eigenvalue weighted by Crippen LogP contribution is 2.33. The van der Waals surface area contributed by atoms with Crippen LogP contribution in [-0.4, -0.2) is 26.2 Å². The van der Waals surface area contributed by atoms with Crippen LogP contribution in [0.4, 0.5) is 13.2 Å². The minimum absolute atomic E-state index is 0.256. The number of aryl methyl sites for hydroxylation is 2. The van der Waals surface area contributed by atoms with Crippen molar-refractivity contribution in [2.75, 3.05) is 6.54 Å². The molecule has 2 aromatic heterocycles. The molecule has 1 saturated heterocycles. The van der Waals surface area contributed by atoms with Crippen LogP contribution in [-0.2, 0) is 25.7 Å². The zero-order valence-corrected chi connectivity index (χ0v) is 17.9. The van der Waals surface area contributed by atoms with E-state index in [-0.39, 0.29) is 6.04 Å². The summed E-state index contributed by atoms with van der Waals surface area (Å²) < 4.78 is 40.8. The summed E-state index contributed by atoms with van der Waals surface area (Å²) in [4.78, 5) is 7.12. The van der Waals surface area contributed by atoms with Crippen LogP contribution in [0.2, 0.25) is 0 Å². The van der Waals surface area contributed by atoms with Gasteiger partial charge in [0.25, 0.3) is 0 Å².